The van der Waals surface area contributed by atoms with E-state index in [1.807, 2.05) is 0 Å². The second-order valence-corrected chi connectivity index (χ2v) is 5.72. The average Bonchev–Trinajstić information content (AvgIpc) is 2.69. The van der Waals surface area contributed by atoms with E-state index >= 15 is 0 Å². The molecular formula is C16H20N2. The summed E-state index contributed by atoms with van der Waals surface area (Å²) in [7, 11) is 0. The van der Waals surface area contributed by atoms with Crippen molar-refractivity contribution < 1.29 is 0 Å². The second kappa shape index (κ2) is 4.74. The van der Waals surface area contributed by atoms with Gasteiger partial charge in [-0.2, -0.15) is 5.26 Å². The maximum atomic E-state index is 9.13. The van der Waals surface area contributed by atoms with Crippen LogP contribution in [0.4, 0.5) is 0 Å². The lowest BCUT2D eigenvalue weighted by molar-refractivity contribution is 0.0792. The van der Waals surface area contributed by atoms with Crippen LogP contribution in [0.2, 0.25) is 0 Å². The molecule has 2 nitrogen and oxygen atoms in total. The summed E-state index contributed by atoms with van der Waals surface area (Å²) in [6, 6.07) is 15.0. The molecule has 0 radical (unpaired) electrons. The largest absolute Gasteiger partial charge is 0.291 e. The molecule has 0 spiro atoms. The predicted molar refractivity (Wildman–Crippen MR) is 71.8 cm³/mol. The monoisotopic (exact) mass is 240 g/mol. The van der Waals surface area contributed by atoms with Gasteiger partial charge in [0, 0.05) is 24.0 Å². The number of benzene rings is 1. The fourth-order valence-corrected chi connectivity index (χ4v) is 3.85. The molecule has 1 aromatic rings. The van der Waals surface area contributed by atoms with Crippen LogP contribution >= 0.6 is 0 Å². The van der Waals surface area contributed by atoms with Gasteiger partial charge in [0.15, 0.2) is 0 Å². The van der Waals surface area contributed by atoms with Gasteiger partial charge in [-0.1, -0.05) is 30.3 Å². The van der Waals surface area contributed by atoms with Gasteiger partial charge in [0.05, 0.1) is 6.07 Å². The quantitative estimate of drug-likeness (QED) is 0.791. The maximum absolute atomic E-state index is 9.13. The summed E-state index contributed by atoms with van der Waals surface area (Å²) in [5.74, 6) is 0.293. The lowest BCUT2D eigenvalue weighted by Crippen LogP contribution is -2.43. The molecule has 18 heavy (non-hydrogen) atoms. The van der Waals surface area contributed by atoms with Crippen LogP contribution in [0.15, 0.2) is 30.3 Å². The van der Waals surface area contributed by atoms with Crippen molar-refractivity contribution in [3.63, 3.8) is 0 Å². The normalized spacial score (nSPS) is 33.0. The fourth-order valence-electron chi connectivity index (χ4n) is 3.85. The van der Waals surface area contributed by atoms with E-state index in [-0.39, 0.29) is 0 Å². The van der Waals surface area contributed by atoms with E-state index in [2.05, 4.69) is 48.2 Å². The molecule has 2 heterocycles. The smallest absolute Gasteiger partial charge is 0.0657 e. The average molecular weight is 240 g/mol. The first kappa shape index (κ1) is 11.7. The molecule has 94 valence electrons. The SMILES string of the molecule is CC(c1ccccc1)N1[C@@H]2CC[C@H]1C[C@H](C#N)C2. The molecule has 2 bridgehead atoms. The first-order valence-corrected chi connectivity index (χ1v) is 7.01. The van der Waals surface area contributed by atoms with E-state index in [9.17, 15) is 0 Å². The summed E-state index contributed by atoms with van der Waals surface area (Å²) < 4.78 is 0. The Bertz CT molecular complexity index is 434. The molecule has 1 unspecified atom stereocenters. The topological polar surface area (TPSA) is 27.0 Å². The number of fused-ring (bicyclic) bond motifs is 2. The molecule has 0 aliphatic carbocycles. The zero-order valence-electron chi connectivity index (χ0n) is 10.9. The molecule has 2 saturated heterocycles. The molecule has 0 amide bonds. The Kier molecular flexibility index (Phi) is 3.09. The minimum Gasteiger partial charge on any atom is -0.291 e. The van der Waals surface area contributed by atoms with Crippen LogP contribution in [-0.2, 0) is 0 Å². The number of hydrogen-bond acceptors (Lipinski definition) is 2. The van der Waals surface area contributed by atoms with Crippen molar-refractivity contribution in [2.45, 2.75) is 50.7 Å². The number of hydrogen-bond donors (Lipinski definition) is 0. The predicted octanol–water partition coefficient (Wildman–Crippen LogP) is 3.51. The van der Waals surface area contributed by atoms with E-state index in [1.54, 1.807) is 0 Å². The molecule has 2 fully saturated rings. The lowest BCUT2D eigenvalue weighted by atomic mass is 9.89. The number of nitrogens with zero attached hydrogens (tertiary/aromatic N) is 2. The van der Waals surface area contributed by atoms with Crippen LogP contribution in [0.1, 0.15) is 44.2 Å². The maximum Gasteiger partial charge on any atom is 0.0657 e. The molecule has 4 atom stereocenters. The van der Waals surface area contributed by atoms with Crippen LogP contribution < -0.4 is 0 Å². The minimum atomic E-state index is 0.293. The highest BCUT2D eigenvalue weighted by Crippen LogP contribution is 2.43. The van der Waals surface area contributed by atoms with Crippen molar-refractivity contribution in [3.05, 3.63) is 35.9 Å². The number of nitriles is 1. The summed E-state index contributed by atoms with van der Waals surface area (Å²) >= 11 is 0. The van der Waals surface area contributed by atoms with Gasteiger partial charge < -0.3 is 0 Å². The van der Waals surface area contributed by atoms with Gasteiger partial charge in [0.1, 0.15) is 0 Å². The Balaban J connectivity index is 1.80. The van der Waals surface area contributed by atoms with E-state index in [0.717, 1.165) is 12.8 Å². The molecular weight excluding hydrogens is 220 g/mol. The van der Waals surface area contributed by atoms with Crippen molar-refractivity contribution >= 4 is 0 Å². The second-order valence-electron chi connectivity index (χ2n) is 5.72. The van der Waals surface area contributed by atoms with Crippen molar-refractivity contribution in [1.82, 2.24) is 4.90 Å². The van der Waals surface area contributed by atoms with Crippen molar-refractivity contribution in [2.75, 3.05) is 0 Å². The number of piperidine rings is 1. The van der Waals surface area contributed by atoms with Crippen LogP contribution in [0.25, 0.3) is 0 Å². The zero-order valence-corrected chi connectivity index (χ0v) is 10.9. The summed E-state index contributed by atoms with van der Waals surface area (Å²) in [4.78, 5) is 2.67. The summed E-state index contributed by atoms with van der Waals surface area (Å²) in [6.45, 7) is 2.31. The highest BCUT2D eigenvalue weighted by Gasteiger charge is 2.42. The van der Waals surface area contributed by atoms with Crippen molar-refractivity contribution in [1.29, 1.82) is 5.26 Å². The van der Waals surface area contributed by atoms with E-state index < -0.39 is 0 Å². The Morgan fingerprint density at radius 3 is 2.33 bits per heavy atom. The molecule has 2 aliphatic heterocycles. The molecule has 0 aromatic heterocycles. The van der Waals surface area contributed by atoms with Gasteiger partial charge in [-0.05, 0) is 38.2 Å². The fraction of sp³-hybridized carbons (Fsp3) is 0.562. The Morgan fingerprint density at radius 2 is 1.78 bits per heavy atom. The van der Waals surface area contributed by atoms with Crippen LogP contribution in [0.5, 0.6) is 0 Å². The number of rotatable bonds is 2. The van der Waals surface area contributed by atoms with Gasteiger partial charge in [0.2, 0.25) is 0 Å². The molecule has 2 aliphatic rings. The molecule has 0 N–H and O–H groups in total. The summed E-state index contributed by atoms with van der Waals surface area (Å²) in [5, 5.41) is 9.13. The summed E-state index contributed by atoms with van der Waals surface area (Å²) in [5.41, 5.74) is 1.41. The first-order valence-electron chi connectivity index (χ1n) is 7.01. The highest BCUT2D eigenvalue weighted by molar-refractivity contribution is 5.20. The minimum absolute atomic E-state index is 0.293. The highest BCUT2D eigenvalue weighted by atomic mass is 15.2. The third kappa shape index (κ3) is 1.93. The lowest BCUT2D eigenvalue weighted by Gasteiger charge is -2.41. The van der Waals surface area contributed by atoms with Crippen LogP contribution in [-0.4, -0.2) is 17.0 Å². The van der Waals surface area contributed by atoms with E-state index in [1.165, 1.54) is 18.4 Å². The third-order valence-electron chi connectivity index (χ3n) is 4.70. The van der Waals surface area contributed by atoms with Gasteiger partial charge in [0.25, 0.3) is 0 Å². The van der Waals surface area contributed by atoms with E-state index in [4.69, 9.17) is 5.26 Å². The molecule has 3 rings (SSSR count). The van der Waals surface area contributed by atoms with Crippen LogP contribution in [0.3, 0.4) is 0 Å². The molecule has 2 heteroatoms. The van der Waals surface area contributed by atoms with Crippen LogP contribution in [0, 0.1) is 17.2 Å². The first-order chi connectivity index (χ1) is 8.79. The Morgan fingerprint density at radius 1 is 1.17 bits per heavy atom. The standard InChI is InChI=1S/C16H20N2/c1-12(14-5-3-2-4-6-14)18-15-7-8-16(18)10-13(9-15)11-17/h2-6,12-13,15-16H,7-10H2,1H3/t12?,13-,15-,16+. The van der Waals surface area contributed by atoms with Gasteiger partial charge in [-0.25, -0.2) is 0 Å². The Hall–Kier alpha value is -1.33. The van der Waals surface area contributed by atoms with Crippen molar-refractivity contribution in [3.8, 4) is 6.07 Å². The Labute approximate surface area is 109 Å². The molecule has 1 aromatic carbocycles. The summed E-state index contributed by atoms with van der Waals surface area (Å²) in [6.07, 6.45) is 4.70. The van der Waals surface area contributed by atoms with Gasteiger partial charge >= 0.3 is 0 Å². The third-order valence-corrected chi connectivity index (χ3v) is 4.70. The zero-order chi connectivity index (χ0) is 12.5. The molecule has 0 saturated carbocycles. The van der Waals surface area contributed by atoms with E-state index in [0.29, 0.717) is 24.0 Å². The van der Waals surface area contributed by atoms with Crippen molar-refractivity contribution in [2.24, 2.45) is 5.92 Å². The van der Waals surface area contributed by atoms with Gasteiger partial charge in [-0.15, -0.1) is 0 Å². The van der Waals surface area contributed by atoms with Gasteiger partial charge in [-0.3, -0.25) is 4.90 Å².